The van der Waals surface area contributed by atoms with Crippen molar-refractivity contribution in [2.75, 3.05) is 20.1 Å². The fourth-order valence-corrected chi connectivity index (χ4v) is 3.40. The van der Waals surface area contributed by atoms with Gasteiger partial charge in [0.25, 0.3) is 0 Å². The zero-order chi connectivity index (χ0) is 15.2. The van der Waals surface area contributed by atoms with Gasteiger partial charge in [0, 0.05) is 18.1 Å². The summed E-state index contributed by atoms with van der Waals surface area (Å²) < 4.78 is 0. The molecular weight excluding hydrogens is 244 g/mol. The highest BCUT2D eigenvalue weighted by Gasteiger charge is 2.32. The summed E-state index contributed by atoms with van der Waals surface area (Å²) in [5.74, 6) is 1.79. The Morgan fingerprint density at radius 3 is 2.40 bits per heavy atom. The molecule has 0 heterocycles. The highest BCUT2D eigenvalue weighted by atomic mass is 15.2. The van der Waals surface area contributed by atoms with Crippen molar-refractivity contribution in [2.24, 2.45) is 11.8 Å². The molecule has 1 aliphatic carbocycles. The van der Waals surface area contributed by atoms with E-state index >= 15 is 0 Å². The molecule has 0 aromatic carbocycles. The van der Waals surface area contributed by atoms with Crippen molar-refractivity contribution in [1.82, 2.24) is 10.2 Å². The molecule has 2 nitrogen and oxygen atoms in total. The Morgan fingerprint density at radius 1 is 1.15 bits per heavy atom. The Balaban J connectivity index is 2.63. The average Bonchev–Trinajstić information content (AvgIpc) is 2.45. The summed E-state index contributed by atoms with van der Waals surface area (Å²) in [6, 6.07) is 0.743. The molecule has 0 spiro atoms. The van der Waals surface area contributed by atoms with Gasteiger partial charge in [-0.15, -0.1) is 0 Å². The third-order valence-electron chi connectivity index (χ3n) is 5.73. The van der Waals surface area contributed by atoms with E-state index in [4.69, 9.17) is 0 Å². The molecule has 1 N–H and O–H groups in total. The van der Waals surface area contributed by atoms with Crippen LogP contribution in [-0.4, -0.2) is 36.6 Å². The number of hydrogen-bond donors (Lipinski definition) is 1. The molecule has 1 rings (SSSR count). The molecule has 0 aliphatic heterocycles. The fraction of sp³-hybridized carbons (Fsp3) is 1.00. The van der Waals surface area contributed by atoms with Crippen molar-refractivity contribution in [1.29, 1.82) is 0 Å². The van der Waals surface area contributed by atoms with E-state index in [0.717, 1.165) is 17.9 Å². The zero-order valence-corrected chi connectivity index (χ0v) is 14.8. The number of nitrogens with zero attached hydrogens (tertiary/aromatic N) is 1. The fourth-order valence-electron chi connectivity index (χ4n) is 3.40. The lowest BCUT2D eigenvalue weighted by atomic mass is 9.76. The minimum absolute atomic E-state index is 0.328. The molecule has 0 amide bonds. The maximum Gasteiger partial charge on any atom is 0.0147 e. The van der Waals surface area contributed by atoms with Crippen LogP contribution < -0.4 is 5.32 Å². The summed E-state index contributed by atoms with van der Waals surface area (Å²) in [6.07, 6.45) is 8.05. The van der Waals surface area contributed by atoms with Gasteiger partial charge in [-0.1, -0.05) is 27.2 Å². The van der Waals surface area contributed by atoms with Crippen molar-refractivity contribution in [3.8, 4) is 0 Å². The summed E-state index contributed by atoms with van der Waals surface area (Å²) in [5.41, 5.74) is 0.328. The van der Waals surface area contributed by atoms with Crippen molar-refractivity contribution in [3.05, 3.63) is 0 Å². The topological polar surface area (TPSA) is 15.3 Å². The lowest BCUT2D eigenvalue weighted by Crippen LogP contribution is -2.50. The second-order valence-electron chi connectivity index (χ2n) is 7.45. The molecule has 2 heteroatoms. The summed E-state index contributed by atoms with van der Waals surface area (Å²) in [5, 5.41) is 3.81. The van der Waals surface area contributed by atoms with E-state index in [1.807, 2.05) is 0 Å². The highest BCUT2D eigenvalue weighted by Crippen LogP contribution is 2.33. The zero-order valence-electron chi connectivity index (χ0n) is 14.8. The number of hydrogen-bond acceptors (Lipinski definition) is 2. The standard InChI is InChI=1S/C18H38N2/c1-7-12-19-17-11-10-15(8-2)13-16(17)14-20(6)18(4,5)9-3/h15-17,19H,7-14H2,1-6H3. The van der Waals surface area contributed by atoms with E-state index in [0.29, 0.717) is 5.54 Å². The SMILES string of the molecule is CCCNC1CCC(CC)CC1CN(C)C(C)(C)CC. The molecule has 120 valence electrons. The normalized spacial score (nSPS) is 28.1. The second-order valence-corrected chi connectivity index (χ2v) is 7.45. The van der Waals surface area contributed by atoms with Crippen molar-refractivity contribution in [3.63, 3.8) is 0 Å². The predicted octanol–water partition coefficient (Wildman–Crippen LogP) is 4.30. The van der Waals surface area contributed by atoms with Gasteiger partial charge >= 0.3 is 0 Å². The molecule has 20 heavy (non-hydrogen) atoms. The maximum atomic E-state index is 3.81. The summed E-state index contributed by atoms with van der Waals surface area (Å²) in [4.78, 5) is 2.59. The lowest BCUT2D eigenvalue weighted by molar-refractivity contribution is 0.0871. The van der Waals surface area contributed by atoms with Gasteiger partial charge in [-0.3, -0.25) is 0 Å². The van der Waals surface area contributed by atoms with Crippen LogP contribution in [0.1, 0.15) is 73.1 Å². The quantitative estimate of drug-likeness (QED) is 0.714. The van der Waals surface area contributed by atoms with Crippen LogP contribution in [-0.2, 0) is 0 Å². The third kappa shape index (κ3) is 5.04. The minimum atomic E-state index is 0.328. The lowest BCUT2D eigenvalue weighted by Gasteiger charge is -2.43. The molecule has 0 aromatic rings. The van der Waals surface area contributed by atoms with Gasteiger partial charge < -0.3 is 10.2 Å². The molecule has 0 saturated heterocycles. The van der Waals surface area contributed by atoms with Gasteiger partial charge in [-0.05, 0) is 71.4 Å². The van der Waals surface area contributed by atoms with Crippen LogP contribution in [0.4, 0.5) is 0 Å². The molecule has 0 aromatic heterocycles. The van der Waals surface area contributed by atoms with E-state index in [2.05, 4.69) is 51.9 Å². The first-order valence-corrected chi connectivity index (χ1v) is 8.89. The molecule has 1 fully saturated rings. The molecule has 1 aliphatic rings. The first-order valence-electron chi connectivity index (χ1n) is 8.89. The summed E-state index contributed by atoms with van der Waals surface area (Å²) in [7, 11) is 2.32. The van der Waals surface area contributed by atoms with Crippen LogP contribution in [0.5, 0.6) is 0 Å². The van der Waals surface area contributed by atoms with Crippen molar-refractivity contribution in [2.45, 2.75) is 84.7 Å². The molecule has 3 atom stereocenters. The second kappa shape index (κ2) is 8.38. The molecule has 3 unspecified atom stereocenters. The van der Waals surface area contributed by atoms with E-state index < -0.39 is 0 Å². The highest BCUT2D eigenvalue weighted by molar-refractivity contribution is 4.88. The van der Waals surface area contributed by atoms with Gasteiger partial charge in [-0.25, -0.2) is 0 Å². The van der Waals surface area contributed by atoms with Crippen LogP contribution in [0.2, 0.25) is 0 Å². The van der Waals surface area contributed by atoms with Crippen molar-refractivity contribution >= 4 is 0 Å². The summed E-state index contributed by atoms with van der Waals surface area (Å²) in [6.45, 7) is 14.1. The minimum Gasteiger partial charge on any atom is -0.314 e. The van der Waals surface area contributed by atoms with Crippen LogP contribution in [0.3, 0.4) is 0 Å². The molecule has 1 saturated carbocycles. The van der Waals surface area contributed by atoms with E-state index in [1.54, 1.807) is 0 Å². The first-order chi connectivity index (χ1) is 9.44. The van der Waals surface area contributed by atoms with Crippen LogP contribution in [0.15, 0.2) is 0 Å². The molecular formula is C18H38N2. The third-order valence-corrected chi connectivity index (χ3v) is 5.73. The maximum absolute atomic E-state index is 3.81. The van der Waals surface area contributed by atoms with E-state index in [1.165, 1.54) is 51.6 Å². The van der Waals surface area contributed by atoms with E-state index in [9.17, 15) is 0 Å². The van der Waals surface area contributed by atoms with E-state index in [-0.39, 0.29) is 0 Å². The summed E-state index contributed by atoms with van der Waals surface area (Å²) >= 11 is 0. The Labute approximate surface area is 127 Å². The Morgan fingerprint density at radius 2 is 1.85 bits per heavy atom. The largest absolute Gasteiger partial charge is 0.314 e. The Kier molecular flexibility index (Phi) is 7.53. The Hall–Kier alpha value is -0.0800. The van der Waals surface area contributed by atoms with Crippen LogP contribution >= 0.6 is 0 Å². The molecule has 0 bridgehead atoms. The predicted molar refractivity (Wildman–Crippen MR) is 90.2 cm³/mol. The van der Waals surface area contributed by atoms with Crippen LogP contribution in [0, 0.1) is 11.8 Å². The number of nitrogens with one attached hydrogen (secondary N) is 1. The van der Waals surface area contributed by atoms with Gasteiger partial charge in [0.1, 0.15) is 0 Å². The smallest absolute Gasteiger partial charge is 0.0147 e. The molecule has 0 radical (unpaired) electrons. The first kappa shape index (κ1) is 18.0. The number of rotatable bonds is 8. The van der Waals surface area contributed by atoms with Gasteiger partial charge in [0.05, 0.1) is 0 Å². The van der Waals surface area contributed by atoms with Gasteiger partial charge in [-0.2, -0.15) is 0 Å². The monoisotopic (exact) mass is 282 g/mol. The average molecular weight is 283 g/mol. The Bertz CT molecular complexity index is 262. The van der Waals surface area contributed by atoms with Crippen molar-refractivity contribution < 1.29 is 0 Å². The van der Waals surface area contributed by atoms with Gasteiger partial charge in [0.15, 0.2) is 0 Å². The van der Waals surface area contributed by atoms with Crippen LogP contribution in [0.25, 0.3) is 0 Å². The van der Waals surface area contributed by atoms with Gasteiger partial charge in [0.2, 0.25) is 0 Å².